The first-order valence-corrected chi connectivity index (χ1v) is 10.6. The predicted molar refractivity (Wildman–Crippen MR) is 134 cm³/mol. The number of rotatable bonds is 4. The largest absolute Gasteiger partial charge is 0.456 e. The lowest BCUT2D eigenvalue weighted by atomic mass is 10.00. The molecule has 0 saturated heterocycles. The highest BCUT2D eigenvalue weighted by Crippen LogP contribution is 2.33. The van der Waals surface area contributed by atoms with Gasteiger partial charge >= 0.3 is 0 Å². The Labute approximate surface area is 183 Å². The Balaban J connectivity index is 1.58. The standard InChI is InChI=1S/C30H24O/c1-21-17-29-27(19-25(21)15-13-23-9-5-3-6-10-23)28-20-26(22(2)18-30(28)31-29)16-14-24-11-7-4-8-12-24/h3-20H,1-2H3. The topological polar surface area (TPSA) is 13.1 Å². The zero-order chi connectivity index (χ0) is 21.2. The number of hydrogen-bond donors (Lipinski definition) is 0. The lowest BCUT2D eigenvalue weighted by Crippen LogP contribution is -1.82. The molecule has 0 unspecified atom stereocenters. The van der Waals surface area contributed by atoms with Gasteiger partial charge < -0.3 is 4.42 Å². The Hall–Kier alpha value is -3.84. The van der Waals surface area contributed by atoms with Gasteiger partial charge in [0.2, 0.25) is 0 Å². The van der Waals surface area contributed by atoms with Gasteiger partial charge in [0.05, 0.1) is 0 Å². The summed E-state index contributed by atoms with van der Waals surface area (Å²) in [5.74, 6) is 0. The quantitative estimate of drug-likeness (QED) is 0.275. The van der Waals surface area contributed by atoms with E-state index in [1.807, 2.05) is 12.1 Å². The van der Waals surface area contributed by atoms with Crippen molar-refractivity contribution in [3.8, 4) is 0 Å². The average molecular weight is 401 g/mol. The predicted octanol–water partition coefficient (Wildman–Crippen LogP) is 8.54. The van der Waals surface area contributed by atoms with Gasteiger partial charge in [-0.2, -0.15) is 0 Å². The van der Waals surface area contributed by atoms with Crippen LogP contribution in [-0.2, 0) is 0 Å². The molecule has 1 heteroatoms. The Morgan fingerprint density at radius 1 is 0.516 bits per heavy atom. The van der Waals surface area contributed by atoms with E-state index in [9.17, 15) is 0 Å². The van der Waals surface area contributed by atoms with Gasteiger partial charge in [0.25, 0.3) is 0 Å². The summed E-state index contributed by atoms with van der Waals surface area (Å²) in [7, 11) is 0. The second-order valence-electron chi connectivity index (χ2n) is 8.00. The number of benzene rings is 4. The van der Waals surface area contributed by atoms with E-state index in [-0.39, 0.29) is 0 Å². The van der Waals surface area contributed by atoms with E-state index < -0.39 is 0 Å². The lowest BCUT2D eigenvalue weighted by Gasteiger charge is -2.02. The molecular weight excluding hydrogens is 376 g/mol. The maximum Gasteiger partial charge on any atom is 0.135 e. The van der Waals surface area contributed by atoms with Crippen molar-refractivity contribution in [2.45, 2.75) is 13.8 Å². The van der Waals surface area contributed by atoms with Crippen molar-refractivity contribution in [1.82, 2.24) is 0 Å². The minimum atomic E-state index is 0.938. The summed E-state index contributed by atoms with van der Waals surface area (Å²) in [6.45, 7) is 4.27. The molecule has 1 aromatic heterocycles. The number of aryl methyl sites for hydroxylation is 2. The Morgan fingerprint density at radius 2 is 0.935 bits per heavy atom. The Morgan fingerprint density at radius 3 is 1.35 bits per heavy atom. The summed E-state index contributed by atoms with van der Waals surface area (Å²) in [5.41, 5.74) is 9.10. The molecule has 5 aromatic rings. The van der Waals surface area contributed by atoms with E-state index in [1.54, 1.807) is 0 Å². The van der Waals surface area contributed by atoms with Crippen molar-refractivity contribution in [3.63, 3.8) is 0 Å². The van der Waals surface area contributed by atoms with Gasteiger partial charge in [-0.25, -0.2) is 0 Å². The fourth-order valence-electron chi connectivity index (χ4n) is 3.96. The van der Waals surface area contributed by atoms with E-state index >= 15 is 0 Å². The smallest absolute Gasteiger partial charge is 0.135 e. The van der Waals surface area contributed by atoms with Gasteiger partial charge in [0.1, 0.15) is 11.2 Å². The molecule has 0 radical (unpaired) electrons. The van der Waals surface area contributed by atoms with Crippen LogP contribution in [0.15, 0.2) is 89.3 Å². The van der Waals surface area contributed by atoms with Crippen LogP contribution in [0.3, 0.4) is 0 Å². The molecule has 4 aromatic carbocycles. The zero-order valence-corrected chi connectivity index (χ0v) is 17.8. The third-order valence-electron chi connectivity index (χ3n) is 5.76. The molecule has 0 aliphatic rings. The molecule has 0 atom stereocenters. The van der Waals surface area contributed by atoms with Crippen LogP contribution in [0.1, 0.15) is 33.4 Å². The highest BCUT2D eigenvalue weighted by Gasteiger charge is 2.11. The second-order valence-corrected chi connectivity index (χ2v) is 8.00. The maximum atomic E-state index is 6.20. The number of furan rings is 1. The monoisotopic (exact) mass is 400 g/mol. The SMILES string of the molecule is Cc1cc2oc3cc(C)c(C=Cc4ccccc4)cc3c2cc1C=Cc1ccccc1. The minimum absolute atomic E-state index is 0.938. The molecule has 0 fully saturated rings. The van der Waals surface area contributed by atoms with Crippen molar-refractivity contribution in [2.75, 3.05) is 0 Å². The average Bonchev–Trinajstić information content (AvgIpc) is 3.13. The van der Waals surface area contributed by atoms with Crippen LogP contribution in [0.4, 0.5) is 0 Å². The van der Waals surface area contributed by atoms with Gasteiger partial charge in [-0.05, 0) is 71.5 Å². The van der Waals surface area contributed by atoms with Crippen molar-refractivity contribution in [1.29, 1.82) is 0 Å². The van der Waals surface area contributed by atoms with Crippen LogP contribution in [0, 0.1) is 13.8 Å². The first-order chi connectivity index (χ1) is 15.2. The Kier molecular flexibility index (Phi) is 5.01. The van der Waals surface area contributed by atoms with Gasteiger partial charge in [0, 0.05) is 10.8 Å². The van der Waals surface area contributed by atoms with E-state index in [4.69, 9.17) is 4.42 Å². The van der Waals surface area contributed by atoms with Crippen LogP contribution in [0.5, 0.6) is 0 Å². The van der Waals surface area contributed by atoms with Crippen LogP contribution >= 0.6 is 0 Å². The van der Waals surface area contributed by atoms with E-state index in [2.05, 4.69) is 111 Å². The summed E-state index contributed by atoms with van der Waals surface area (Å²) in [5, 5.41) is 2.31. The molecule has 1 nitrogen and oxygen atoms in total. The van der Waals surface area contributed by atoms with Gasteiger partial charge in [-0.15, -0.1) is 0 Å². The van der Waals surface area contributed by atoms with Crippen LogP contribution in [-0.4, -0.2) is 0 Å². The molecule has 150 valence electrons. The van der Waals surface area contributed by atoms with Crippen molar-refractivity contribution in [2.24, 2.45) is 0 Å². The normalized spacial score (nSPS) is 11.9. The fraction of sp³-hybridized carbons (Fsp3) is 0.0667. The molecule has 0 N–H and O–H groups in total. The van der Waals surface area contributed by atoms with Crippen LogP contribution in [0.25, 0.3) is 46.2 Å². The Bertz CT molecular complexity index is 1310. The number of fused-ring (bicyclic) bond motifs is 3. The molecular formula is C30H24O. The molecule has 1 heterocycles. The summed E-state index contributed by atoms with van der Waals surface area (Å²) in [4.78, 5) is 0. The molecule has 31 heavy (non-hydrogen) atoms. The lowest BCUT2D eigenvalue weighted by molar-refractivity contribution is 0.668. The first-order valence-electron chi connectivity index (χ1n) is 10.6. The second kappa shape index (κ2) is 8.12. The molecule has 0 bridgehead atoms. The highest BCUT2D eigenvalue weighted by molar-refractivity contribution is 6.07. The molecule has 0 aliphatic heterocycles. The van der Waals surface area contributed by atoms with Crippen molar-refractivity contribution < 1.29 is 4.42 Å². The van der Waals surface area contributed by atoms with Crippen molar-refractivity contribution in [3.05, 3.63) is 118 Å². The molecule has 5 rings (SSSR count). The van der Waals surface area contributed by atoms with Gasteiger partial charge in [0.15, 0.2) is 0 Å². The third kappa shape index (κ3) is 3.95. The highest BCUT2D eigenvalue weighted by atomic mass is 16.3. The van der Waals surface area contributed by atoms with E-state index in [0.717, 1.165) is 21.9 Å². The zero-order valence-electron chi connectivity index (χ0n) is 17.8. The molecule has 0 saturated carbocycles. The molecule has 0 spiro atoms. The summed E-state index contributed by atoms with van der Waals surface area (Å²) in [6.07, 6.45) is 8.70. The maximum absolute atomic E-state index is 6.20. The van der Waals surface area contributed by atoms with E-state index in [1.165, 1.54) is 33.4 Å². The van der Waals surface area contributed by atoms with Gasteiger partial charge in [-0.3, -0.25) is 0 Å². The van der Waals surface area contributed by atoms with Crippen LogP contribution < -0.4 is 0 Å². The first kappa shape index (κ1) is 19.1. The summed E-state index contributed by atoms with van der Waals surface area (Å²) >= 11 is 0. The summed E-state index contributed by atoms with van der Waals surface area (Å²) < 4.78 is 6.20. The van der Waals surface area contributed by atoms with Crippen LogP contribution in [0.2, 0.25) is 0 Å². The molecule has 0 amide bonds. The molecule has 0 aliphatic carbocycles. The van der Waals surface area contributed by atoms with E-state index in [0.29, 0.717) is 0 Å². The van der Waals surface area contributed by atoms with Gasteiger partial charge in [-0.1, -0.05) is 85.0 Å². The number of hydrogen-bond acceptors (Lipinski definition) is 1. The summed E-state index contributed by atoms with van der Waals surface area (Å²) in [6, 6.07) is 29.6. The van der Waals surface area contributed by atoms with Crippen molar-refractivity contribution >= 4 is 46.2 Å². The minimum Gasteiger partial charge on any atom is -0.456 e. The third-order valence-corrected chi connectivity index (χ3v) is 5.76. The fourth-order valence-corrected chi connectivity index (χ4v) is 3.96.